The molecule has 0 N–H and O–H groups in total. The highest BCUT2D eigenvalue weighted by Gasteiger charge is 2.32. The topological polar surface area (TPSA) is 165 Å². The summed E-state index contributed by atoms with van der Waals surface area (Å²) in [6.45, 7) is 0. The average molecular weight is 445 g/mol. The Hall–Kier alpha value is -4.31. The summed E-state index contributed by atoms with van der Waals surface area (Å²) in [7, 11) is -4.21. The normalized spacial score (nSPS) is 10.8. The van der Waals surface area contributed by atoms with Crippen molar-refractivity contribution in [3.63, 3.8) is 0 Å². The highest BCUT2D eigenvalue weighted by atomic mass is 31.2. The van der Waals surface area contributed by atoms with E-state index in [0.717, 1.165) is 36.4 Å². The van der Waals surface area contributed by atoms with Gasteiger partial charge in [0.1, 0.15) is 11.5 Å². The van der Waals surface area contributed by atoms with Crippen LogP contribution in [-0.2, 0) is 4.57 Å². The van der Waals surface area contributed by atoms with Crippen LogP contribution < -0.4 is 14.4 Å². The van der Waals surface area contributed by atoms with E-state index < -0.39 is 22.4 Å². The summed E-state index contributed by atoms with van der Waals surface area (Å²) in [6, 6.07) is 14.0. The van der Waals surface area contributed by atoms with Crippen molar-refractivity contribution < 1.29 is 28.4 Å². The van der Waals surface area contributed by atoms with E-state index in [1.54, 1.807) is 0 Å². The van der Waals surface area contributed by atoms with Crippen LogP contribution in [0.4, 0.5) is 17.1 Å². The average Bonchev–Trinajstić information content (AvgIpc) is 2.74. The molecule has 0 heterocycles. The van der Waals surface area contributed by atoms with Crippen LogP contribution >= 0.6 is 7.60 Å². The number of hydrogen-bond acceptors (Lipinski definition) is 9. The molecule has 0 aliphatic heterocycles. The third-order valence-electron chi connectivity index (χ3n) is 3.92. The van der Waals surface area contributed by atoms with Gasteiger partial charge in [-0.2, -0.15) is 0 Å². The maximum absolute atomic E-state index is 13.6. The summed E-state index contributed by atoms with van der Waals surface area (Å²) in [6.07, 6.45) is 0. The van der Waals surface area contributed by atoms with Crippen LogP contribution in [0.1, 0.15) is 0 Å². The Kier molecular flexibility index (Phi) is 5.93. The third kappa shape index (κ3) is 5.00. The molecule has 0 aliphatic carbocycles. The Bertz CT molecular complexity index is 1120. The van der Waals surface area contributed by atoms with Gasteiger partial charge < -0.3 is 9.05 Å². The van der Waals surface area contributed by atoms with Gasteiger partial charge >= 0.3 is 7.60 Å². The van der Waals surface area contributed by atoms with Gasteiger partial charge in [-0.3, -0.25) is 30.3 Å². The molecule has 3 aromatic carbocycles. The van der Waals surface area contributed by atoms with Crippen LogP contribution in [-0.4, -0.2) is 14.8 Å². The van der Waals surface area contributed by atoms with E-state index >= 15 is 0 Å². The molecule has 0 fully saturated rings. The van der Waals surface area contributed by atoms with Crippen molar-refractivity contribution in [3.05, 3.63) is 103 Å². The third-order valence-corrected chi connectivity index (χ3v) is 5.76. The van der Waals surface area contributed by atoms with Crippen LogP contribution in [0.15, 0.2) is 72.8 Å². The van der Waals surface area contributed by atoms with E-state index in [-0.39, 0.29) is 33.9 Å². The van der Waals surface area contributed by atoms with Crippen LogP contribution in [0.3, 0.4) is 0 Å². The first-order valence-corrected chi connectivity index (χ1v) is 9.95. The molecule has 3 aromatic rings. The molecule has 3 rings (SSSR count). The van der Waals surface area contributed by atoms with E-state index in [1.165, 1.54) is 36.4 Å². The van der Waals surface area contributed by atoms with Gasteiger partial charge in [0.05, 0.1) is 20.1 Å². The van der Waals surface area contributed by atoms with Crippen molar-refractivity contribution in [1.82, 2.24) is 0 Å². The van der Waals surface area contributed by atoms with Gasteiger partial charge in [-0.1, -0.05) is 0 Å². The second-order valence-corrected chi connectivity index (χ2v) is 7.83. The molecule has 12 nitrogen and oxygen atoms in total. The van der Waals surface area contributed by atoms with Gasteiger partial charge in [0.2, 0.25) is 0 Å². The number of nitro groups is 3. The van der Waals surface area contributed by atoms with Gasteiger partial charge in [-0.15, -0.1) is 0 Å². The van der Waals surface area contributed by atoms with Crippen molar-refractivity contribution >= 4 is 30.0 Å². The fraction of sp³-hybridized carbons (Fsp3) is 0. The number of rotatable bonds is 8. The molecule has 0 saturated heterocycles. The largest absolute Gasteiger partial charge is 0.462 e. The molecular weight excluding hydrogens is 433 g/mol. The monoisotopic (exact) mass is 445 g/mol. The zero-order valence-electron chi connectivity index (χ0n) is 15.4. The van der Waals surface area contributed by atoms with Gasteiger partial charge in [0.15, 0.2) is 0 Å². The maximum Gasteiger partial charge on any atom is 0.462 e. The van der Waals surface area contributed by atoms with Gasteiger partial charge in [0.25, 0.3) is 17.1 Å². The Balaban J connectivity index is 1.97. The molecule has 0 aromatic heterocycles. The molecule has 0 spiro atoms. The predicted molar refractivity (Wildman–Crippen MR) is 108 cm³/mol. The Morgan fingerprint density at radius 2 is 0.839 bits per heavy atom. The molecule has 13 heteroatoms. The lowest BCUT2D eigenvalue weighted by atomic mass is 10.3. The van der Waals surface area contributed by atoms with E-state index in [9.17, 15) is 34.9 Å². The number of benzene rings is 3. The second kappa shape index (κ2) is 8.59. The Labute approximate surface area is 173 Å². The van der Waals surface area contributed by atoms with Crippen molar-refractivity contribution in [3.8, 4) is 11.5 Å². The van der Waals surface area contributed by atoms with Crippen LogP contribution in [0.5, 0.6) is 11.5 Å². The van der Waals surface area contributed by atoms with Gasteiger partial charge in [0, 0.05) is 36.4 Å². The molecule has 0 saturated carbocycles. The molecule has 0 aliphatic rings. The van der Waals surface area contributed by atoms with Gasteiger partial charge in [-0.25, -0.2) is 4.57 Å². The van der Waals surface area contributed by atoms with E-state index in [2.05, 4.69) is 0 Å². The number of nitro benzene ring substituents is 3. The zero-order chi connectivity index (χ0) is 22.6. The molecule has 31 heavy (non-hydrogen) atoms. The highest BCUT2D eigenvalue weighted by molar-refractivity contribution is 7.63. The van der Waals surface area contributed by atoms with Crippen LogP contribution in [0.25, 0.3) is 0 Å². The maximum atomic E-state index is 13.6. The van der Waals surface area contributed by atoms with Gasteiger partial charge in [-0.05, 0) is 36.4 Å². The molecule has 0 radical (unpaired) electrons. The smallest absolute Gasteiger partial charge is 0.413 e. The second-order valence-electron chi connectivity index (χ2n) is 5.96. The number of non-ortho nitro benzene ring substituents is 3. The lowest BCUT2D eigenvalue weighted by Gasteiger charge is -2.20. The number of hydrogen-bond donors (Lipinski definition) is 0. The Morgan fingerprint density at radius 3 is 1.13 bits per heavy atom. The summed E-state index contributed by atoms with van der Waals surface area (Å²) < 4.78 is 24.6. The van der Waals surface area contributed by atoms with Crippen molar-refractivity contribution in [1.29, 1.82) is 0 Å². The lowest BCUT2D eigenvalue weighted by molar-refractivity contribution is -0.385. The first-order valence-electron chi connectivity index (χ1n) is 8.41. The summed E-state index contributed by atoms with van der Waals surface area (Å²) in [5.74, 6) is -0.0385. The number of nitrogens with zero attached hydrogens (tertiary/aromatic N) is 3. The SMILES string of the molecule is O=[N+]([O-])c1ccc(OP(=O)(Oc2ccc([N+](=O)[O-])cc2)c2ccc([N+](=O)[O-])cc2)cc1. The summed E-state index contributed by atoms with van der Waals surface area (Å²) in [5.41, 5.74) is -0.677. The molecule has 0 bridgehead atoms. The molecule has 158 valence electrons. The quantitative estimate of drug-likeness (QED) is 0.278. The zero-order valence-corrected chi connectivity index (χ0v) is 16.3. The minimum absolute atomic E-state index is 0.0193. The standard InChI is InChI=1S/C18H12N3O9P/c22-19(23)13-1-7-16(8-2-13)29-31(28,18-11-5-15(6-12-18)21(26)27)30-17-9-3-14(4-10-17)20(24)25/h1-12H. The van der Waals surface area contributed by atoms with Crippen molar-refractivity contribution in [2.24, 2.45) is 0 Å². The highest BCUT2D eigenvalue weighted by Crippen LogP contribution is 2.48. The molecule has 0 unspecified atom stereocenters. The summed E-state index contributed by atoms with van der Waals surface area (Å²) in [4.78, 5) is 30.6. The fourth-order valence-corrected chi connectivity index (χ4v) is 3.98. The first-order chi connectivity index (χ1) is 14.7. The summed E-state index contributed by atoms with van der Waals surface area (Å²) >= 11 is 0. The predicted octanol–water partition coefficient (Wildman–Crippen LogP) is 4.39. The minimum atomic E-state index is -4.21. The van der Waals surface area contributed by atoms with Crippen LogP contribution in [0, 0.1) is 30.3 Å². The minimum Gasteiger partial charge on any atom is -0.413 e. The van der Waals surface area contributed by atoms with Crippen molar-refractivity contribution in [2.45, 2.75) is 0 Å². The first kappa shape index (κ1) is 21.4. The lowest BCUT2D eigenvalue weighted by Crippen LogP contribution is -2.15. The fourth-order valence-electron chi connectivity index (χ4n) is 2.42. The van der Waals surface area contributed by atoms with E-state index in [4.69, 9.17) is 9.05 Å². The van der Waals surface area contributed by atoms with Crippen molar-refractivity contribution in [2.75, 3.05) is 0 Å². The Morgan fingerprint density at radius 1 is 0.548 bits per heavy atom. The molecule has 0 amide bonds. The molecular formula is C18H12N3O9P. The van der Waals surface area contributed by atoms with E-state index in [1.807, 2.05) is 0 Å². The summed E-state index contributed by atoms with van der Waals surface area (Å²) in [5, 5.41) is 32.5. The van der Waals surface area contributed by atoms with Crippen LogP contribution in [0.2, 0.25) is 0 Å². The van der Waals surface area contributed by atoms with E-state index in [0.29, 0.717) is 0 Å². The molecule has 0 atom stereocenters.